The zero-order valence-electron chi connectivity index (χ0n) is 12.0. The molecule has 6 heteroatoms. The highest BCUT2D eigenvalue weighted by molar-refractivity contribution is 6.29. The lowest BCUT2D eigenvalue weighted by Crippen LogP contribution is -2.43. The van der Waals surface area contributed by atoms with E-state index in [0.717, 1.165) is 32.5 Å². The predicted octanol–water partition coefficient (Wildman–Crippen LogP) is 1.99. The molecule has 1 aliphatic heterocycles. The molecule has 1 aliphatic rings. The van der Waals surface area contributed by atoms with Crippen molar-refractivity contribution in [2.75, 3.05) is 26.2 Å². The van der Waals surface area contributed by atoms with Crippen LogP contribution in [0.3, 0.4) is 0 Å². The van der Waals surface area contributed by atoms with Crippen LogP contribution in [0.4, 0.5) is 0 Å². The van der Waals surface area contributed by atoms with E-state index < -0.39 is 5.60 Å². The zero-order valence-corrected chi connectivity index (χ0v) is 12.8. The molecule has 1 N–H and O–H groups in total. The number of rotatable bonds is 5. The summed E-state index contributed by atoms with van der Waals surface area (Å²) < 4.78 is 5.64. The SMILES string of the molecule is CC(C)(O)CN1CCC(COc2cnc(Cl)cn2)CC1. The number of aromatic nitrogens is 2. The van der Waals surface area contributed by atoms with Gasteiger partial charge in [-0.3, -0.25) is 0 Å². The molecule has 2 rings (SSSR count). The summed E-state index contributed by atoms with van der Waals surface area (Å²) in [6.45, 7) is 7.09. The van der Waals surface area contributed by atoms with Gasteiger partial charge in [-0.25, -0.2) is 9.97 Å². The Kier molecular flexibility index (Phi) is 5.18. The standard InChI is InChI=1S/C14H22ClN3O2/c1-14(2,19)10-18-5-3-11(4-6-18)9-20-13-8-16-12(15)7-17-13/h7-8,11,19H,3-6,9-10H2,1-2H3. The fraction of sp³-hybridized carbons (Fsp3) is 0.714. The zero-order chi connectivity index (χ0) is 14.6. The number of hydrogen-bond donors (Lipinski definition) is 1. The number of ether oxygens (including phenoxy) is 1. The second-order valence-corrected chi connectivity index (χ2v) is 6.41. The molecule has 0 unspecified atom stereocenters. The molecule has 0 saturated carbocycles. The fourth-order valence-electron chi connectivity index (χ4n) is 2.44. The Morgan fingerprint density at radius 1 is 1.35 bits per heavy atom. The summed E-state index contributed by atoms with van der Waals surface area (Å²) in [5.74, 6) is 1.05. The van der Waals surface area contributed by atoms with Crippen molar-refractivity contribution in [2.45, 2.75) is 32.3 Å². The lowest BCUT2D eigenvalue weighted by Gasteiger charge is -2.35. The van der Waals surface area contributed by atoms with Gasteiger partial charge in [-0.2, -0.15) is 0 Å². The van der Waals surface area contributed by atoms with Crippen LogP contribution in [0.15, 0.2) is 12.4 Å². The quantitative estimate of drug-likeness (QED) is 0.901. The molecule has 20 heavy (non-hydrogen) atoms. The molecule has 2 heterocycles. The molecule has 0 amide bonds. The van der Waals surface area contributed by atoms with E-state index in [1.165, 1.54) is 6.20 Å². The van der Waals surface area contributed by atoms with Crippen LogP contribution in [-0.2, 0) is 0 Å². The van der Waals surface area contributed by atoms with Gasteiger partial charge >= 0.3 is 0 Å². The molecular formula is C14H22ClN3O2. The highest BCUT2D eigenvalue weighted by atomic mass is 35.5. The average molecular weight is 300 g/mol. The molecule has 1 aromatic rings. The van der Waals surface area contributed by atoms with E-state index in [4.69, 9.17) is 16.3 Å². The van der Waals surface area contributed by atoms with Gasteiger partial charge in [-0.05, 0) is 45.7 Å². The molecule has 5 nitrogen and oxygen atoms in total. The number of nitrogens with zero attached hydrogens (tertiary/aromatic N) is 3. The monoisotopic (exact) mass is 299 g/mol. The summed E-state index contributed by atoms with van der Waals surface area (Å²) in [6.07, 6.45) is 5.20. The van der Waals surface area contributed by atoms with Crippen LogP contribution >= 0.6 is 11.6 Å². The Labute approximate surface area is 124 Å². The van der Waals surface area contributed by atoms with E-state index in [-0.39, 0.29) is 0 Å². The molecule has 0 atom stereocenters. The maximum atomic E-state index is 9.82. The molecule has 0 spiro atoms. The first-order valence-electron chi connectivity index (χ1n) is 6.97. The van der Waals surface area contributed by atoms with Gasteiger partial charge in [0.1, 0.15) is 5.15 Å². The lowest BCUT2D eigenvalue weighted by molar-refractivity contribution is 0.0210. The molecule has 1 aromatic heterocycles. The number of halogens is 1. The maximum Gasteiger partial charge on any atom is 0.232 e. The number of piperidine rings is 1. The van der Waals surface area contributed by atoms with Crippen molar-refractivity contribution in [3.8, 4) is 5.88 Å². The van der Waals surface area contributed by atoms with Gasteiger partial charge in [0.2, 0.25) is 5.88 Å². The van der Waals surface area contributed by atoms with E-state index >= 15 is 0 Å². The molecule has 0 aliphatic carbocycles. The van der Waals surface area contributed by atoms with Crippen LogP contribution in [0.2, 0.25) is 5.15 Å². The van der Waals surface area contributed by atoms with Crippen LogP contribution in [0.25, 0.3) is 0 Å². The minimum absolute atomic E-state index is 0.372. The number of β-amino-alcohol motifs (C(OH)–C–C–N with tert-alkyl or cyclic N) is 1. The van der Waals surface area contributed by atoms with Gasteiger partial charge < -0.3 is 14.7 Å². The maximum absolute atomic E-state index is 9.82. The van der Waals surface area contributed by atoms with Crippen molar-refractivity contribution in [3.05, 3.63) is 17.5 Å². The van der Waals surface area contributed by atoms with Crippen molar-refractivity contribution in [1.29, 1.82) is 0 Å². The van der Waals surface area contributed by atoms with Gasteiger partial charge in [0.05, 0.1) is 24.6 Å². The third-order valence-electron chi connectivity index (χ3n) is 3.38. The van der Waals surface area contributed by atoms with Crippen molar-refractivity contribution >= 4 is 11.6 Å². The summed E-state index contributed by atoms with van der Waals surface area (Å²) in [4.78, 5) is 10.3. The summed E-state index contributed by atoms with van der Waals surface area (Å²) >= 11 is 5.67. The van der Waals surface area contributed by atoms with Crippen LogP contribution < -0.4 is 4.74 Å². The Balaban J connectivity index is 1.70. The Morgan fingerprint density at radius 3 is 2.60 bits per heavy atom. The lowest BCUT2D eigenvalue weighted by atomic mass is 9.96. The van der Waals surface area contributed by atoms with E-state index in [0.29, 0.717) is 23.6 Å². The van der Waals surface area contributed by atoms with Crippen LogP contribution in [0.5, 0.6) is 5.88 Å². The first kappa shape index (κ1) is 15.5. The minimum Gasteiger partial charge on any atom is -0.476 e. The summed E-state index contributed by atoms with van der Waals surface area (Å²) in [6, 6.07) is 0. The number of likely N-dealkylation sites (tertiary alicyclic amines) is 1. The predicted molar refractivity (Wildman–Crippen MR) is 78.0 cm³/mol. The number of hydrogen-bond acceptors (Lipinski definition) is 5. The van der Waals surface area contributed by atoms with Crippen molar-refractivity contribution in [3.63, 3.8) is 0 Å². The highest BCUT2D eigenvalue weighted by Gasteiger charge is 2.24. The Bertz CT molecular complexity index is 411. The summed E-state index contributed by atoms with van der Waals surface area (Å²) in [5, 5.41) is 10.2. The van der Waals surface area contributed by atoms with Crippen molar-refractivity contribution in [2.24, 2.45) is 5.92 Å². The van der Waals surface area contributed by atoms with E-state index in [1.54, 1.807) is 6.20 Å². The van der Waals surface area contributed by atoms with Gasteiger partial charge in [-0.15, -0.1) is 0 Å². The largest absolute Gasteiger partial charge is 0.476 e. The van der Waals surface area contributed by atoms with Gasteiger partial charge in [0.25, 0.3) is 0 Å². The molecule has 0 bridgehead atoms. The normalized spacial score (nSPS) is 18.2. The van der Waals surface area contributed by atoms with Crippen molar-refractivity contribution in [1.82, 2.24) is 14.9 Å². The Morgan fingerprint density at radius 2 is 2.05 bits per heavy atom. The van der Waals surface area contributed by atoms with Gasteiger partial charge in [0.15, 0.2) is 0 Å². The smallest absolute Gasteiger partial charge is 0.232 e. The highest BCUT2D eigenvalue weighted by Crippen LogP contribution is 2.20. The van der Waals surface area contributed by atoms with E-state index in [1.807, 2.05) is 13.8 Å². The topological polar surface area (TPSA) is 58.5 Å². The minimum atomic E-state index is -0.623. The van der Waals surface area contributed by atoms with E-state index in [9.17, 15) is 5.11 Å². The van der Waals surface area contributed by atoms with Crippen LogP contribution in [-0.4, -0.2) is 51.8 Å². The molecule has 1 saturated heterocycles. The summed E-state index contributed by atoms with van der Waals surface area (Å²) in [7, 11) is 0. The number of aliphatic hydroxyl groups is 1. The third-order valence-corrected chi connectivity index (χ3v) is 3.58. The fourth-order valence-corrected chi connectivity index (χ4v) is 2.53. The van der Waals surface area contributed by atoms with Crippen LogP contribution in [0, 0.1) is 5.92 Å². The summed E-state index contributed by atoms with van der Waals surface area (Å²) in [5.41, 5.74) is -0.623. The molecular weight excluding hydrogens is 278 g/mol. The molecule has 1 fully saturated rings. The second-order valence-electron chi connectivity index (χ2n) is 6.02. The first-order valence-corrected chi connectivity index (χ1v) is 7.35. The van der Waals surface area contributed by atoms with Gasteiger partial charge in [-0.1, -0.05) is 11.6 Å². The van der Waals surface area contributed by atoms with Gasteiger partial charge in [0, 0.05) is 6.54 Å². The average Bonchev–Trinajstić information content (AvgIpc) is 2.38. The van der Waals surface area contributed by atoms with Crippen LogP contribution in [0.1, 0.15) is 26.7 Å². The molecule has 0 radical (unpaired) electrons. The third kappa shape index (κ3) is 5.23. The first-order chi connectivity index (χ1) is 9.42. The molecule has 112 valence electrons. The Hall–Kier alpha value is -0.910. The van der Waals surface area contributed by atoms with E-state index in [2.05, 4.69) is 14.9 Å². The molecule has 0 aromatic carbocycles. The second kappa shape index (κ2) is 6.70. The van der Waals surface area contributed by atoms with Crippen molar-refractivity contribution < 1.29 is 9.84 Å².